The molecule has 2 atom stereocenters. The molecule has 0 radical (unpaired) electrons. The SMILES string of the molecule is CC(C)(C)OC(=O)N1CC(CN=[N+]=[N-])C(C(F)F)C1. The van der Waals surface area contributed by atoms with Crippen LogP contribution in [0.5, 0.6) is 0 Å². The van der Waals surface area contributed by atoms with Crippen molar-refractivity contribution >= 4 is 6.09 Å². The Bertz CT molecular complexity index is 377. The average molecular weight is 276 g/mol. The number of carbonyl (C=O) groups excluding carboxylic acids is 1. The second-order valence-corrected chi connectivity index (χ2v) is 5.56. The second kappa shape index (κ2) is 6.06. The average Bonchev–Trinajstić information content (AvgIpc) is 2.68. The molecule has 19 heavy (non-hydrogen) atoms. The number of rotatable bonds is 3. The summed E-state index contributed by atoms with van der Waals surface area (Å²) in [5.41, 5.74) is 7.58. The molecule has 1 aliphatic rings. The van der Waals surface area contributed by atoms with Crippen LogP contribution < -0.4 is 0 Å². The number of amides is 1. The van der Waals surface area contributed by atoms with Crippen LogP contribution in [0.1, 0.15) is 20.8 Å². The van der Waals surface area contributed by atoms with E-state index in [1.165, 1.54) is 4.90 Å². The third-order valence-corrected chi connectivity index (χ3v) is 2.85. The summed E-state index contributed by atoms with van der Waals surface area (Å²) in [6.45, 7) is 5.15. The van der Waals surface area contributed by atoms with Gasteiger partial charge in [-0.05, 0) is 32.2 Å². The molecule has 1 heterocycles. The van der Waals surface area contributed by atoms with Crippen LogP contribution in [-0.2, 0) is 4.74 Å². The Morgan fingerprint density at radius 1 is 1.53 bits per heavy atom. The van der Waals surface area contributed by atoms with E-state index >= 15 is 0 Å². The van der Waals surface area contributed by atoms with Crippen LogP contribution in [0, 0.1) is 11.8 Å². The number of hydrogen-bond donors (Lipinski definition) is 0. The molecule has 1 amide bonds. The molecule has 6 nitrogen and oxygen atoms in total. The number of nitrogens with zero attached hydrogens (tertiary/aromatic N) is 4. The summed E-state index contributed by atoms with van der Waals surface area (Å²) in [6.07, 6.45) is -3.16. The normalized spacial score (nSPS) is 23.4. The van der Waals surface area contributed by atoms with Gasteiger partial charge in [-0.2, -0.15) is 0 Å². The molecule has 0 bridgehead atoms. The van der Waals surface area contributed by atoms with Gasteiger partial charge >= 0.3 is 6.09 Å². The zero-order valence-corrected chi connectivity index (χ0v) is 11.2. The third kappa shape index (κ3) is 4.55. The molecule has 1 rings (SSSR count). The summed E-state index contributed by atoms with van der Waals surface area (Å²) >= 11 is 0. The Morgan fingerprint density at radius 3 is 2.63 bits per heavy atom. The maximum atomic E-state index is 12.9. The molecule has 1 fully saturated rings. The Morgan fingerprint density at radius 2 is 2.16 bits per heavy atom. The van der Waals surface area contributed by atoms with E-state index in [0.717, 1.165) is 0 Å². The van der Waals surface area contributed by atoms with Crippen molar-refractivity contribution in [2.45, 2.75) is 32.8 Å². The number of carbonyl (C=O) groups is 1. The van der Waals surface area contributed by atoms with Gasteiger partial charge in [-0.1, -0.05) is 5.11 Å². The summed E-state index contributed by atoms with van der Waals surface area (Å²) in [4.78, 5) is 15.6. The minimum absolute atomic E-state index is 0.0369. The van der Waals surface area contributed by atoms with E-state index in [4.69, 9.17) is 10.3 Å². The molecule has 0 aromatic rings. The maximum Gasteiger partial charge on any atom is 0.410 e. The van der Waals surface area contributed by atoms with Gasteiger partial charge in [0, 0.05) is 30.5 Å². The Labute approximate surface area is 110 Å². The van der Waals surface area contributed by atoms with Gasteiger partial charge in [0.1, 0.15) is 5.60 Å². The number of halogens is 2. The smallest absolute Gasteiger partial charge is 0.410 e. The first-order chi connectivity index (χ1) is 8.74. The molecule has 0 spiro atoms. The molecule has 0 aromatic heterocycles. The van der Waals surface area contributed by atoms with Gasteiger partial charge in [0.05, 0.1) is 0 Å². The van der Waals surface area contributed by atoms with E-state index < -0.39 is 30.0 Å². The predicted octanol–water partition coefficient (Wildman–Crippen LogP) is 3.04. The summed E-state index contributed by atoms with van der Waals surface area (Å²) in [5.74, 6) is -1.50. The van der Waals surface area contributed by atoms with Gasteiger partial charge in [0.2, 0.25) is 6.43 Å². The van der Waals surface area contributed by atoms with E-state index in [1.54, 1.807) is 20.8 Å². The quantitative estimate of drug-likeness (QED) is 0.451. The molecule has 0 aromatic carbocycles. The Balaban J connectivity index is 2.69. The minimum Gasteiger partial charge on any atom is -0.444 e. The Hall–Kier alpha value is -1.56. The van der Waals surface area contributed by atoms with Crippen LogP contribution in [0.2, 0.25) is 0 Å². The monoisotopic (exact) mass is 276 g/mol. The standard InChI is InChI=1S/C11H18F2N4O2/c1-11(2,3)19-10(18)17-5-7(4-15-16-14)8(6-17)9(12)13/h7-9H,4-6H2,1-3H3. The fraction of sp³-hybridized carbons (Fsp3) is 0.909. The minimum atomic E-state index is -2.55. The summed E-state index contributed by atoms with van der Waals surface area (Å²) in [6, 6.07) is 0. The van der Waals surface area contributed by atoms with Gasteiger partial charge in [0.15, 0.2) is 0 Å². The topological polar surface area (TPSA) is 78.3 Å². The first kappa shape index (κ1) is 15.5. The highest BCUT2D eigenvalue weighted by molar-refractivity contribution is 5.68. The van der Waals surface area contributed by atoms with Crippen LogP contribution in [-0.4, -0.2) is 42.7 Å². The van der Waals surface area contributed by atoms with Gasteiger partial charge in [-0.25, -0.2) is 13.6 Å². The fourth-order valence-corrected chi connectivity index (χ4v) is 1.99. The number of likely N-dealkylation sites (tertiary alicyclic amines) is 1. The number of ether oxygens (including phenoxy) is 1. The zero-order valence-electron chi connectivity index (χ0n) is 11.2. The fourth-order valence-electron chi connectivity index (χ4n) is 1.99. The van der Waals surface area contributed by atoms with Crippen molar-refractivity contribution in [1.82, 2.24) is 4.90 Å². The summed E-state index contributed by atoms with van der Waals surface area (Å²) in [7, 11) is 0. The largest absolute Gasteiger partial charge is 0.444 e. The summed E-state index contributed by atoms with van der Waals surface area (Å²) < 4.78 is 30.9. The van der Waals surface area contributed by atoms with Gasteiger partial charge < -0.3 is 9.64 Å². The van der Waals surface area contributed by atoms with E-state index in [9.17, 15) is 13.6 Å². The molecule has 1 aliphatic heterocycles. The second-order valence-electron chi connectivity index (χ2n) is 5.56. The highest BCUT2D eigenvalue weighted by Gasteiger charge is 2.41. The van der Waals surface area contributed by atoms with Gasteiger partial charge in [0.25, 0.3) is 0 Å². The third-order valence-electron chi connectivity index (χ3n) is 2.85. The van der Waals surface area contributed by atoms with E-state index in [-0.39, 0.29) is 19.6 Å². The van der Waals surface area contributed by atoms with Crippen molar-refractivity contribution in [2.75, 3.05) is 19.6 Å². The van der Waals surface area contributed by atoms with Gasteiger partial charge in [-0.15, -0.1) is 0 Å². The highest BCUT2D eigenvalue weighted by Crippen LogP contribution is 2.30. The maximum absolute atomic E-state index is 12.9. The summed E-state index contributed by atoms with van der Waals surface area (Å²) in [5, 5.41) is 3.32. The first-order valence-electron chi connectivity index (χ1n) is 6.01. The lowest BCUT2D eigenvalue weighted by atomic mass is 9.97. The molecule has 0 aliphatic carbocycles. The molecule has 2 unspecified atom stereocenters. The van der Waals surface area contributed by atoms with Crippen molar-refractivity contribution < 1.29 is 18.3 Å². The zero-order chi connectivity index (χ0) is 14.6. The van der Waals surface area contributed by atoms with Crippen molar-refractivity contribution in [3.63, 3.8) is 0 Å². The first-order valence-corrected chi connectivity index (χ1v) is 6.01. The lowest BCUT2D eigenvalue weighted by Gasteiger charge is -2.24. The van der Waals surface area contributed by atoms with Crippen LogP contribution >= 0.6 is 0 Å². The van der Waals surface area contributed by atoms with Crippen molar-refractivity contribution in [1.29, 1.82) is 0 Å². The lowest BCUT2D eigenvalue weighted by molar-refractivity contribution is 0.0253. The van der Waals surface area contributed by atoms with Crippen LogP contribution in [0.4, 0.5) is 13.6 Å². The van der Waals surface area contributed by atoms with Crippen LogP contribution in [0.25, 0.3) is 10.4 Å². The van der Waals surface area contributed by atoms with Gasteiger partial charge in [-0.3, -0.25) is 0 Å². The molecular weight excluding hydrogens is 258 g/mol. The number of azide groups is 1. The molecule has 108 valence electrons. The van der Waals surface area contributed by atoms with E-state index in [1.807, 2.05) is 0 Å². The molecule has 8 heteroatoms. The Kier molecular flexibility index (Phi) is 4.94. The molecule has 0 N–H and O–H groups in total. The molecular formula is C11H18F2N4O2. The van der Waals surface area contributed by atoms with E-state index in [2.05, 4.69) is 10.0 Å². The predicted molar refractivity (Wildman–Crippen MR) is 64.8 cm³/mol. The van der Waals surface area contributed by atoms with Crippen LogP contribution in [0.3, 0.4) is 0 Å². The molecule has 1 saturated heterocycles. The molecule has 0 saturated carbocycles. The number of alkyl halides is 2. The lowest BCUT2D eigenvalue weighted by Crippen LogP contribution is -2.35. The van der Waals surface area contributed by atoms with Crippen molar-refractivity contribution in [3.8, 4) is 0 Å². The van der Waals surface area contributed by atoms with E-state index in [0.29, 0.717) is 0 Å². The van der Waals surface area contributed by atoms with Crippen molar-refractivity contribution in [3.05, 3.63) is 10.4 Å². The number of hydrogen-bond acceptors (Lipinski definition) is 3. The highest BCUT2D eigenvalue weighted by atomic mass is 19.3. The van der Waals surface area contributed by atoms with Crippen LogP contribution in [0.15, 0.2) is 5.11 Å². The van der Waals surface area contributed by atoms with Crippen molar-refractivity contribution in [2.24, 2.45) is 17.0 Å².